The third-order valence-electron chi connectivity index (χ3n) is 12.6. The van der Waals surface area contributed by atoms with Crippen LogP contribution in [-0.4, -0.2) is 95.0 Å². The standard InChI is InChI=1S/C49H76O8Si4/c1-50-37-21-17-25-41(45(37)54-5)58-33-13-9-29-49(30-10-14-34-59-42-26-18-22-38(51-2)46(42)55-6,31-11-15-35-60-43-27-19-23-39(52-3)47(43)56-7)32-12-16-36-61-44-28-20-24-40(53-4)48(44)57-8/h17-28H,9-16,29-36,58-61H2,1-8H3. The lowest BCUT2D eigenvalue weighted by Crippen LogP contribution is -2.23. The highest BCUT2D eigenvalue weighted by molar-refractivity contribution is 6.56. The third kappa shape index (κ3) is 15.2. The maximum atomic E-state index is 5.81. The van der Waals surface area contributed by atoms with E-state index in [9.17, 15) is 0 Å². The van der Waals surface area contributed by atoms with Gasteiger partial charge in [0.05, 0.1) is 95.0 Å². The Morgan fingerprint density at radius 2 is 0.541 bits per heavy atom. The summed E-state index contributed by atoms with van der Waals surface area (Å²) in [5, 5.41) is 5.49. The van der Waals surface area contributed by atoms with Crippen molar-refractivity contribution in [1.82, 2.24) is 0 Å². The van der Waals surface area contributed by atoms with Gasteiger partial charge in [-0.25, -0.2) is 0 Å². The molecular formula is C49H76O8Si4. The summed E-state index contributed by atoms with van der Waals surface area (Å²) in [4.78, 5) is 0. The zero-order valence-corrected chi connectivity index (χ0v) is 44.5. The van der Waals surface area contributed by atoms with E-state index in [1.807, 2.05) is 24.3 Å². The van der Waals surface area contributed by atoms with Crippen molar-refractivity contribution < 1.29 is 37.9 Å². The van der Waals surface area contributed by atoms with Crippen LogP contribution in [0.1, 0.15) is 77.0 Å². The van der Waals surface area contributed by atoms with Crippen LogP contribution in [0.25, 0.3) is 0 Å². The molecule has 0 atom stereocenters. The van der Waals surface area contributed by atoms with Crippen LogP contribution in [0.4, 0.5) is 0 Å². The van der Waals surface area contributed by atoms with E-state index in [0.29, 0.717) is 5.41 Å². The average Bonchev–Trinajstić information content (AvgIpc) is 3.30. The Morgan fingerprint density at radius 3 is 0.738 bits per heavy atom. The summed E-state index contributed by atoms with van der Waals surface area (Å²) in [5.41, 5.74) is 0.370. The Kier molecular flexibility index (Phi) is 22.8. The molecule has 0 aliphatic heterocycles. The maximum absolute atomic E-state index is 5.81. The lowest BCUT2D eigenvalue weighted by atomic mass is 9.71. The Balaban J connectivity index is 1.46. The summed E-state index contributed by atoms with van der Waals surface area (Å²) in [5.74, 6) is 7.14. The second-order valence-corrected chi connectivity index (χ2v) is 24.2. The Morgan fingerprint density at radius 1 is 0.311 bits per heavy atom. The molecule has 0 aliphatic carbocycles. The van der Waals surface area contributed by atoms with Crippen molar-refractivity contribution in [2.45, 2.75) is 101 Å². The summed E-state index contributed by atoms with van der Waals surface area (Å²) in [6, 6.07) is 30.6. The molecular weight excluding hydrogens is 829 g/mol. The predicted octanol–water partition coefficient (Wildman–Crippen LogP) is 6.37. The number of ether oxygens (including phenoxy) is 8. The minimum absolute atomic E-state index is 0.370. The number of hydrogen-bond donors (Lipinski definition) is 0. The first-order valence-corrected chi connectivity index (χ1v) is 29.5. The van der Waals surface area contributed by atoms with Gasteiger partial charge in [-0.3, -0.25) is 0 Å². The first kappa shape index (κ1) is 49.8. The molecule has 4 aromatic carbocycles. The molecule has 0 bridgehead atoms. The molecule has 12 heteroatoms. The van der Waals surface area contributed by atoms with Gasteiger partial charge < -0.3 is 37.9 Å². The first-order valence-electron chi connectivity index (χ1n) is 22.7. The first-order chi connectivity index (χ1) is 29.9. The summed E-state index contributed by atoms with van der Waals surface area (Å²) in [6.07, 6.45) is 15.6. The number of methoxy groups -OCH3 is 8. The average molecular weight is 905 g/mol. The van der Waals surface area contributed by atoms with E-state index in [1.165, 1.54) is 122 Å². The topological polar surface area (TPSA) is 73.8 Å². The monoisotopic (exact) mass is 904 g/mol. The van der Waals surface area contributed by atoms with E-state index in [2.05, 4.69) is 48.5 Å². The predicted molar refractivity (Wildman–Crippen MR) is 268 cm³/mol. The van der Waals surface area contributed by atoms with Gasteiger partial charge in [-0.15, -0.1) is 0 Å². The molecule has 4 aromatic rings. The largest absolute Gasteiger partial charge is 0.493 e. The van der Waals surface area contributed by atoms with E-state index in [1.54, 1.807) is 56.9 Å². The minimum Gasteiger partial charge on any atom is -0.493 e. The van der Waals surface area contributed by atoms with Crippen LogP contribution in [0.2, 0.25) is 24.2 Å². The van der Waals surface area contributed by atoms with Gasteiger partial charge in [0.1, 0.15) is 0 Å². The van der Waals surface area contributed by atoms with Crippen LogP contribution in [0, 0.1) is 5.41 Å². The normalized spacial score (nSPS) is 12.9. The molecule has 0 heterocycles. The van der Waals surface area contributed by atoms with Crippen molar-refractivity contribution in [3.63, 3.8) is 0 Å². The highest BCUT2D eigenvalue weighted by Crippen LogP contribution is 2.42. The van der Waals surface area contributed by atoms with E-state index in [-0.39, 0.29) is 0 Å². The van der Waals surface area contributed by atoms with Crippen LogP contribution >= 0.6 is 0 Å². The van der Waals surface area contributed by atoms with Crippen molar-refractivity contribution in [3.8, 4) is 46.0 Å². The van der Waals surface area contributed by atoms with Gasteiger partial charge in [0.2, 0.25) is 0 Å². The molecule has 0 N–H and O–H groups in total. The number of benzene rings is 4. The molecule has 0 saturated heterocycles. The Bertz CT molecular complexity index is 1590. The van der Waals surface area contributed by atoms with Crippen molar-refractivity contribution in [1.29, 1.82) is 0 Å². The van der Waals surface area contributed by atoms with Crippen molar-refractivity contribution in [2.24, 2.45) is 5.41 Å². The molecule has 8 nitrogen and oxygen atoms in total. The molecule has 0 fully saturated rings. The van der Waals surface area contributed by atoms with E-state index in [0.717, 1.165) is 46.0 Å². The van der Waals surface area contributed by atoms with Gasteiger partial charge >= 0.3 is 0 Å². The van der Waals surface area contributed by atoms with Crippen molar-refractivity contribution in [2.75, 3.05) is 56.9 Å². The third-order valence-corrected chi connectivity index (χ3v) is 20.3. The molecule has 0 spiro atoms. The van der Waals surface area contributed by atoms with Gasteiger partial charge in [-0.1, -0.05) is 124 Å². The molecule has 336 valence electrons. The number of hydrogen-bond acceptors (Lipinski definition) is 8. The van der Waals surface area contributed by atoms with Gasteiger partial charge in [0, 0.05) is 0 Å². The molecule has 4 rings (SSSR count). The molecule has 0 saturated carbocycles. The van der Waals surface area contributed by atoms with Crippen molar-refractivity contribution >= 4 is 58.8 Å². The van der Waals surface area contributed by atoms with E-state index in [4.69, 9.17) is 37.9 Å². The van der Waals surface area contributed by atoms with Crippen LogP contribution in [0.3, 0.4) is 0 Å². The van der Waals surface area contributed by atoms with Crippen LogP contribution in [0.5, 0.6) is 46.0 Å². The van der Waals surface area contributed by atoms with Crippen LogP contribution in [0.15, 0.2) is 72.8 Å². The maximum Gasteiger partial charge on any atom is 0.160 e. The second kappa shape index (κ2) is 28.0. The Hall–Kier alpha value is -3.85. The van der Waals surface area contributed by atoms with Crippen LogP contribution < -0.4 is 58.6 Å². The fourth-order valence-electron chi connectivity index (χ4n) is 9.32. The Labute approximate surface area is 377 Å². The molecule has 0 unspecified atom stereocenters. The highest BCUT2D eigenvalue weighted by atomic mass is 28.2. The highest BCUT2D eigenvalue weighted by Gasteiger charge is 2.28. The number of unbranched alkanes of at least 4 members (excludes halogenated alkanes) is 4. The molecule has 0 aliphatic rings. The number of rotatable bonds is 32. The zero-order valence-electron chi connectivity index (χ0n) is 38.8. The summed E-state index contributed by atoms with van der Waals surface area (Å²) >= 11 is 0. The van der Waals surface area contributed by atoms with Gasteiger partial charge in [-0.2, -0.15) is 0 Å². The van der Waals surface area contributed by atoms with Crippen LogP contribution in [-0.2, 0) is 0 Å². The van der Waals surface area contributed by atoms with E-state index >= 15 is 0 Å². The van der Waals surface area contributed by atoms with Crippen molar-refractivity contribution in [3.05, 3.63) is 72.8 Å². The fourth-order valence-corrected chi connectivity index (χ4v) is 16.7. The lowest BCUT2D eigenvalue weighted by Gasteiger charge is -2.35. The minimum atomic E-state index is -0.471. The summed E-state index contributed by atoms with van der Waals surface area (Å²) < 4.78 is 45.7. The second-order valence-electron chi connectivity index (χ2n) is 16.4. The smallest absolute Gasteiger partial charge is 0.160 e. The molecule has 0 aromatic heterocycles. The van der Waals surface area contributed by atoms with Gasteiger partial charge in [0.15, 0.2) is 46.0 Å². The molecule has 61 heavy (non-hydrogen) atoms. The summed E-state index contributed by atoms with van der Waals surface area (Å²) in [6.45, 7) is 0. The van der Waals surface area contributed by atoms with Gasteiger partial charge in [-0.05, 0) is 76.1 Å². The summed E-state index contributed by atoms with van der Waals surface area (Å²) in [7, 11) is 12.1. The van der Waals surface area contributed by atoms with Gasteiger partial charge in [0.25, 0.3) is 0 Å². The zero-order chi connectivity index (χ0) is 43.7. The fraction of sp³-hybridized carbons (Fsp3) is 0.510. The SMILES string of the molecule is COc1cccc([SiH2]CCCCC(CCCC[SiH2]c2cccc(OC)c2OC)(CCCC[SiH2]c2cccc(OC)c2OC)CCCC[SiH2]c2cccc(OC)c2OC)c1OC. The molecule has 0 amide bonds. The lowest BCUT2D eigenvalue weighted by molar-refractivity contribution is 0.177. The van der Waals surface area contributed by atoms with E-state index < -0.39 is 38.1 Å². The molecule has 0 radical (unpaired) electrons. The quantitative estimate of drug-likeness (QED) is 0.0414. The number of para-hydroxylation sites is 4.